The molecule has 0 saturated carbocycles. The number of aryl methyl sites for hydroxylation is 1. The minimum atomic E-state index is -4.48. The summed E-state index contributed by atoms with van der Waals surface area (Å²) in [4.78, 5) is 15.8. The number of amides is 1. The van der Waals surface area contributed by atoms with Crippen LogP contribution in [0.3, 0.4) is 0 Å². The van der Waals surface area contributed by atoms with E-state index in [1.165, 1.54) is 25.4 Å². The van der Waals surface area contributed by atoms with Gasteiger partial charge in [0.15, 0.2) is 17.2 Å². The van der Waals surface area contributed by atoms with Gasteiger partial charge in [-0.2, -0.15) is 27.1 Å². The summed E-state index contributed by atoms with van der Waals surface area (Å²) in [5.74, 6) is -5.78. The molecule has 2 heterocycles. The van der Waals surface area contributed by atoms with Gasteiger partial charge in [-0.15, -0.1) is 0 Å². The summed E-state index contributed by atoms with van der Waals surface area (Å²) in [6.07, 6.45) is -4.40. The first-order valence-corrected chi connectivity index (χ1v) is 11.1. The van der Waals surface area contributed by atoms with Gasteiger partial charge in [-0.25, -0.2) is 13.9 Å². The lowest BCUT2D eigenvalue weighted by Gasteiger charge is -2.19. The van der Waals surface area contributed by atoms with Gasteiger partial charge in [-0.3, -0.25) is 4.79 Å². The molecule has 200 valence electrons. The fourth-order valence-electron chi connectivity index (χ4n) is 3.90. The molecule has 0 radical (unpaired) electrons. The number of hydrogen-bond acceptors (Lipinski definition) is 5. The van der Waals surface area contributed by atoms with Crippen molar-refractivity contribution in [1.82, 2.24) is 14.6 Å². The van der Waals surface area contributed by atoms with Crippen molar-refractivity contribution in [3.05, 3.63) is 76.9 Å². The van der Waals surface area contributed by atoms with Crippen LogP contribution in [0.5, 0.6) is 5.75 Å². The number of anilines is 1. The third kappa shape index (κ3) is 5.22. The molecule has 7 nitrogen and oxygen atoms in total. The van der Waals surface area contributed by atoms with E-state index in [1.807, 2.05) is 0 Å². The summed E-state index contributed by atoms with van der Waals surface area (Å²) >= 11 is 0. The zero-order chi connectivity index (χ0) is 27.8. The third-order valence-electron chi connectivity index (χ3n) is 5.82. The van der Waals surface area contributed by atoms with Crippen LogP contribution < -0.4 is 15.8 Å². The Morgan fingerprint density at radius 3 is 2.45 bits per heavy atom. The molecule has 2 aromatic heterocycles. The highest BCUT2D eigenvalue weighted by atomic mass is 19.4. The number of carbonyl (C=O) groups is 1. The smallest absolute Gasteiger partial charge is 0.390 e. The number of hydrogen-bond donors (Lipinski definition) is 2. The van der Waals surface area contributed by atoms with Crippen molar-refractivity contribution in [2.24, 2.45) is 5.73 Å². The lowest BCUT2D eigenvalue weighted by Crippen LogP contribution is -2.21. The second-order valence-electron chi connectivity index (χ2n) is 8.43. The Kier molecular flexibility index (Phi) is 6.96. The van der Waals surface area contributed by atoms with Crippen molar-refractivity contribution in [2.75, 3.05) is 19.0 Å². The van der Waals surface area contributed by atoms with Crippen molar-refractivity contribution in [3.63, 3.8) is 0 Å². The number of nitrogens with two attached hydrogens (primary N) is 1. The summed E-state index contributed by atoms with van der Waals surface area (Å²) in [6.45, 7) is 1.02. The normalized spacial score (nSPS) is 12.1. The number of nitrogens with one attached hydrogen (secondary N) is 1. The van der Waals surface area contributed by atoms with Gasteiger partial charge in [0.1, 0.15) is 5.69 Å². The molecule has 13 heteroatoms. The quantitative estimate of drug-likeness (QED) is 0.292. The number of aromatic nitrogens is 3. The minimum Gasteiger partial charge on any atom is -0.494 e. The summed E-state index contributed by atoms with van der Waals surface area (Å²) in [7, 11) is 1.18. The van der Waals surface area contributed by atoms with Crippen molar-refractivity contribution in [1.29, 1.82) is 0 Å². The molecule has 0 fully saturated rings. The number of primary amides is 1. The van der Waals surface area contributed by atoms with Crippen LogP contribution in [-0.4, -0.2) is 40.3 Å². The van der Waals surface area contributed by atoms with Crippen LogP contribution in [-0.2, 0) is 5.92 Å². The Hall–Kier alpha value is -4.29. The average molecular weight is 537 g/mol. The SMILES string of the molecule is COc1ccc(C(F)(F)c2cc(NCCC(F)(F)F)c3ncc(-c4ccc(C(N)=O)c(C)c4)n3n2)cc1F. The molecule has 0 spiro atoms. The van der Waals surface area contributed by atoms with Gasteiger partial charge in [-0.05, 0) is 48.9 Å². The van der Waals surface area contributed by atoms with Crippen LogP contribution in [0.25, 0.3) is 16.9 Å². The number of benzene rings is 2. The number of fused-ring (bicyclic) bond motifs is 1. The van der Waals surface area contributed by atoms with Crippen LogP contribution in [0.2, 0.25) is 0 Å². The number of halogens is 6. The van der Waals surface area contributed by atoms with E-state index in [2.05, 4.69) is 15.4 Å². The lowest BCUT2D eigenvalue weighted by molar-refractivity contribution is -0.131. The Morgan fingerprint density at radius 1 is 1.11 bits per heavy atom. The molecule has 0 saturated heterocycles. The van der Waals surface area contributed by atoms with Crippen LogP contribution in [0, 0.1) is 12.7 Å². The van der Waals surface area contributed by atoms with Gasteiger partial charge in [0.2, 0.25) is 5.91 Å². The first kappa shape index (κ1) is 26.8. The molecular weight excluding hydrogens is 516 g/mol. The fraction of sp³-hybridized carbons (Fsp3) is 0.240. The molecule has 4 aromatic rings. The molecule has 0 atom stereocenters. The Bertz CT molecular complexity index is 1520. The molecule has 2 aromatic carbocycles. The molecule has 0 bridgehead atoms. The molecule has 0 aliphatic carbocycles. The number of rotatable bonds is 8. The van der Waals surface area contributed by atoms with E-state index in [9.17, 15) is 22.4 Å². The largest absolute Gasteiger partial charge is 0.494 e. The zero-order valence-corrected chi connectivity index (χ0v) is 20.0. The molecule has 1 amide bonds. The van der Waals surface area contributed by atoms with E-state index in [1.54, 1.807) is 13.0 Å². The monoisotopic (exact) mass is 537 g/mol. The van der Waals surface area contributed by atoms with Crippen LogP contribution in [0.4, 0.5) is 32.0 Å². The van der Waals surface area contributed by atoms with Gasteiger partial charge < -0.3 is 15.8 Å². The molecule has 0 aliphatic rings. The summed E-state index contributed by atoms with van der Waals surface area (Å²) in [5, 5.41) is 6.54. The number of methoxy groups -OCH3 is 1. The highest BCUT2D eigenvalue weighted by Gasteiger charge is 2.38. The number of nitrogens with zero attached hydrogens (tertiary/aromatic N) is 3. The lowest BCUT2D eigenvalue weighted by atomic mass is 10.0. The third-order valence-corrected chi connectivity index (χ3v) is 5.82. The van der Waals surface area contributed by atoms with Crippen LogP contribution >= 0.6 is 0 Å². The van der Waals surface area contributed by atoms with E-state index in [0.29, 0.717) is 17.2 Å². The van der Waals surface area contributed by atoms with Gasteiger partial charge >= 0.3 is 12.1 Å². The van der Waals surface area contributed by atoms with E-state index in [0.717, 1.165) is 22.7 Å². The summed E-state index contributed by atoms with van der Waals surface area (Å²) in [5.41, 5.74) is 4.99. The highest BCUT2D eigenvalue weighted by Crippen LogP contribution is 2.38. The van der Waals surface area contributed by atoms with Crippen LogP contribution in [0.1, 0.15) is 33.6 Å². The summed E-state index contributed by atoms with van der Waals surface area (Å²) in [6, 6.07) is 8.02. The second-order valence-corrected chi connectivity index (χ2v) is 8.43. The molecule has 38 heavy (non-hydrogen) atoms. The Labute approximate surface area is 212 Å². The van der Waals surface area contributed by atoms with Gasteiger partial charge in [0.05, 0.1) is 31.1 Å². The number of ether oxygens (including phenoxy) is 1. The molecular formula is C25H21F6N5O2. The average Bonchev–Trinajstić information content (AvgIpc) is 3.27. The van der Waals surface area contributed by atoms with Gasteiger partial charge in [0.25, 0.3) is 0 Å². The van der Waals surface area contributed by atoms with Crippen molar-refractivity contribution in [3.8, 4) is 17.0 Å². The first-order chi connectivity index (χ1) is 17.8. The highest BCUT2D eigenvalue weighted by molar-refractivity contribution is 5.94. The van der Waals surface area contributed by atoms with Crippen LogP contribution in [0.15, 0.2) is 48.7 Å². The van der Waals surface area contributed by atoms with E-state index in [4.69, 9.17) is 10.5 Å². The standard InChI is InChI=1S/C25H21F6N5O2/c1-13-9-14(3-5-16(13)22(32)37)19-12-34-23-18(33-8-7-24(27,28)29)11-21(35-36(19)23)25(30,31)15-4-6-20(38-2)17(26)10-15/h3-6,9-12,33H,7-8H2,1-2H3,(H2,32,37). The van der Waals surface area contributed by atoms with Crippen molar-refractivity contribution < 1.29 is 35.9 Å². The zero-order valence-electron chi connectivity index (χ0n) is 20.0. The second kappa shape index (κ2) is 9.88. The van der Waals surface area contributed by atoms with Gasteiger partial charge in [-0.1, -0.05) is 6.07 Å². The molecule has 3 N–H and O–H groups in total. The minimum absolute atomic E-state index is 0.0146. The number of imidazole rings is 1. The summed E-state index contributed by atoms with van der Waals surface area (Å²) < 4.78 is 89.5. The van der Waals surface area contributed by atoms with Gasteiger partial charge in [0, 0.05) is 23.2 Å². The number of alkyl halides is 5. The topological polar surface area (TPSA) is 94.5 Å². The Morgan fingerprint density at radius 2 is 1.84 bits per heavy atom. The number of carbonyl (C=O) groups excluding carboxylic acids is 1. The maximum absolute atomic E-state index is 15.6. The predicted molar refractivity (Wildman–Crippen MR) is 127 cm³/mol. The molecule has 0 unspecified atom stereocenters. The fourth-order valence-corrected chi connectivity index (χ4v) is 3.90. The Balaban J connectivity index is 1.87. The first-order valence-electron chi connectivity index (χ1n) is 11.1. The molecule has 0 aliphatic heterocycles. The van der Waals surface area contributed by atoms with E-state index >= 15 is 8.78 Å². The van der Waals surface area contributed by atoms with Crippen molar-refractivity contribution >= 4 is 17.2 Å². The van der Waals surface area contributed by atoms with E-state index < -0.39 is 48.0 Å². The maximum atomic E-state index is 15.6. The molecule has 4 rings (SSSR count). The predicted octanol–water partition coefficient (Wildman–Crippen LogP) is 5.46. The van der Waals surface area contributed by atoms with Crippen molar-refractivity contribution in [2.45, 2.75) is 25.4 Å². The maximum Gasteiger partial charge on any atom is 0.390 e. The van der Waals surface area contributed by atoms with E-state index in [-0.39, 0.29) is 28.3 Å².